The summed E-state index contributed by atoms with van der Waals surface area (Å²) in [6, 6.07) is 8.59. The molecular formula is C18H22N4O3S. The number of benzene rings is 1. The minimum absolute atomic E-state index is 0.149. The molecule has 26 heavy (non-hydrogen) atoms. The SMILES string of the molecule is CC[C@H](C)Nc1oc(-c2ccc(S(=O)(=O)N3CCCC3)cc2)nc1C#N. The standard InChI is InChI=1S/C18H22N4O3S/c1-3-13(2)20-18-16(12-19)21-17(25-18)14-6-8-15(9-7-14)26(23,24)22-10-4-5-11-22/h6-9,13,20H,3-5,10-11H2,1-2H3/t13-/m0/s1. The molecule has 8 heteroatoms. The molecule has 1 atom stereocenters. The Labute approximate surface area is 153 Å². The van der Waals surface area contributed by atoms with Gasteiger partial charge < -0.3 is 9.73 Å². The maximum atomic E-state index is 12.6. The zero-order chi connectivity index (χ0) is 18.7. The lowest BCUT2D eigenvalue weighted by atomic mass is 10.2. The van der Waals surface area contributed by atoms with Crippen LogP contribution in [0.5, 0.6) is 0 Å². The summed E-state index contributed by atoms with van der Waals surface area (Å²) in [5.74, 6) is 0.628. The van der Waals surface area contributed by atoms with E-state index >= 15 is 0 Å². The first kappa shape index (κ1) is 18.4. The van der Waals surface area contributed by atoms with E-state index in [1.807, 2.05) is 19.9 Å². The summed E-state index contributed by atoms with van der Waals surface area (Å²) >= 11 is 0. The van der Waals surface area contributed by atoms with Crippen LogP contribution in [0, 0.1) is 11.3 Å². The zero-order valence-corrected chi connectivity index (χ0v) is 15.7. The first-order chi connectivity index (χ1) is 12.5. The highest BCUT2D eigenvalue weighted by atomic mass is 32.2. The van der Waals surface area contributed by atoms with E-state index in [1.54, 1.807) is 24.3 Å². The third kappa shape index (κ3) is 3.59. The molecule has 7 nitrogen and oxygen atoms in total. The largest absolute Gasteiger partial charge is 0.419 e. The molecule has 138 valence electrons. The molecule has 1 fully saturated rings. The Bertz CT molecular complexity index is 907. The van der Waals surface area contributed by atoms with Gasteiger partial charge in [-0.1, -0.05) is 6.92 Å². The van der Waals surface area contributed by atoms with Gasteiger partial charge in [0.1, 0.15) is 6.07 Å². The van der Waals surface area contributed by atoms with Gasteiger partial charge >= 0.3 is 0 Å². The fraction of sp³-hybridized carbons (Fsp3) is 0.444. The van der Waals surface area contributed by atoms with Crippen molar-refractivity contribution in [3.8, 4) is 17.5 Å². The molecule has 2 aromatic rings. The lowest BCUT2D eigenvalue weighted by molar-refractivity contribution is 0.477. The molecule has 3 rings (SSSR count). The number of anilines is 1. The van der Waals surface area contributed by atoms with Crippen LogP contribution >= 0.6 is 0 Å². The maximum absolute atomic E-state index is 12.6. The van der Waals surface area contributed by atoms with Crippen molar-refractivity contribution < 1.29 is 12.8 Å². The van der Waals surface area contributed by atoms with Gasteiger partial charge in [-0.3, -0.25) is 0 Å². The van der Waals surface area contributed by atoms with Crippen molar-refractivity contribution in [3.05, 3.63) is 30.0 Å². The van der Waals surface area contributed by atoms with Crippen molar-refractivity contribution in [1.82, 2.24) is 9.29 Å². The Balaban J connectivity index is 1.86. The summed E-state index contributed by atoms with van der Waals surface area (Å²) in [5, 5.41) is 12.4. The van der Waals surface area contributed by atoms with Crippen LogP contribution in [0.3, 0.4) is 0 Å². The van der Waals surface area contributed by atoms with E-state index in [-0.39, 0.29) is 22.5 Å². The van der Waals surface area contributed by atoms with E-state index < -0.39 is 10.0 Å². The minimum Gasteiger partial charge on any atom is -0.419 e. The van der Waals surface area contributed by atoms with Gasteiger partial charge in [0.2, 0.25) is 27.5 Å². The number of rotatable bonds is 6. The molecule has 0 aliphatic carbocycles. The van der Waals surface area contributed by atoms with Crippen LogP contribution in [-0.2, 0) is 10.0 Å². The highest BCUT2D eigenvalue weighted by Gasteiger charge is 2.27. The summed E-state index contributed by atoms with van der Waals surface area (Å²) in [5.41, 5.74) is 0.813. The third-order valence-corrected chi connectivity index (χ3v) is 6.44. The van der Waals surface area contributed by atoms with Crippen LogP contribution in [0.15, 0.2) is 33.6 Å². The topological polar surface area (TPSA) is 99.2 Å². The number of oxazole rings is 1. The van der Waals surface area contributed by atoms with Crippen LogP contribution < -0.4 is 5.32 Å². The maximum Gasteiger partial charge on any atom is 0.243 e. The second kappa shape index (κ2) is 7.48. The van der Waals surface area contributed by atoms with Gasteiger partial charge in [-0.25, -0.2) is 8.42 Å². The molecule has 1 aromatic carbocycles. The van der Waals surface area contributed by atoms with Gasteiger partial charge in [-0.2, -0.15) is 14.6 Å². The van der Waals surface area contributed by atoms with Crippen molar-refractivity contribution in [2.45, 2.75) is 44.0 Å². The lowest BCUT2D eigenvalue weighted by Gasteiger charge is -2.15. The molecule has 0 spiro atoms. The third-order valence-electron chi connectivity index (χ3n) is 4.53. The molecule has 0 amide bonds. The fourth-order valence-corrected chi connectivity index (χ4v) is 4.31. The van der Waals surface area contributed by atoms with Gasteiger partial charge in [-0.05, 0) is 50.5 Å². The smallest absolute Gasteiger partial charge is 0.243 e. The van der Waals surface area contributed by atoms with Crippen LogP contribution in [0.25, 0.3) is 11.5 Å². The second-order valence-corrected chi connectivity index (χ2v) is 8.34. The van der Waals surface area contributed by atoms with Gasteiger partial charge in [0.15, 0.2) is 0 Å². The minimum atomic E-state index is -3.45. The molecule has 0 unspecified atom stereocenters. The fourth-order valence-electron chi connectivity index (χ4n) is 2.79. The van der Waals surface area contributed by atoms with Crippen molar-refractivity contribution >= 4 is 15.9 Å². The molecule has 1 N–H and O–H groups in total. The van der Waals surface area contributed by atoms with Crippen LogP contribution in [0.2, 0.25) is 0 Å². The molecule has 1 aliphatic heterocycles. The van der Waals surface area contributed by atoms with Gasteiger partial charge in [0.25, 0.3) is 0 Å². The molecule has 0 saturated carbocycles. The first-order valence-corrected chi connectivity index (χ1v) is 10.2. The van der Waals surface area contributed by atoms with E-state index in [2.05, 4.69) is 10.3 Å². The molecule has 0 radical (unpaired) electrons. The summed E-state index contributed by atoms with van der Waals surface area (Å²) in [6.07, 6.45) is 2.68. The van der Waals surface area contributed by atoms with E-state index in [4.69, 9.17) is 4.42 Å². The van der Waals surface area contributed by atoms with Crippen LogP contribution in [-0.4, -0.2) is 36.8 Å². The van der Waals surface area contributed by atoms with Crippen molar-refractivity contribution in [2.75, 3.05) is 18.4 Å². The predicted octanol–water partition coefficient (Wildman–Crippen LogP) is 3.21. The number of aromatic nitrogens is 1. The number of nitrogens with one attached hydrogen (secondary N) is 1. The normalized spacial score (nSPS) is 16.3. The first-order valence-electron chi connectivity index (χ1n) is 8.73. The second-order valence-electron chi connectivity index (χ2n) is 6.40. The molecule has 1 aliphatic rings. The number of hydrogen-bond donors (Lipinski definition) is 1. The number of nitrogens with zero attached hydrogens (tertiary/aromatic N) is 3. The highest BCUT2D eigenvalue weighted by Crippen LogP contribution is 2.28. The average molecular weight is 374 g/mol. The molecular weight excluding hydrogens is 352 g/mol. The number of hydrogen-bond acceptors (Lipinski definition) is 6. The van der Waals surface area contributed by atoms with Gasteiger partial charge in [-0.15, -0.1) is 0 Å². The van der Waals surface area contributed by atoms with Crippen molar-refractivity contribution in [2.24, 2.45) is 0 Å². The van der Waals surface area contributed by atoms with E-state index in [1.165, 1.54) is 4.31 Å². The Hall–Kier alpha value is -2.37. The average Bonchev–Trinajstić information content (AvgIpc) is 3.32. The van der Waals surface area contributed by atoms with E-state index in [0.29, 0.717) is 24.5 Å². The van der Waals surface area contributed by atoms with Crippen LogP contribution in [0.4, 0.5) is 5.88 Å². The van der Waals surface area contributed by atoms with Crippen molar-refractivity contribution in [3.63, 3.8) is 0 Å². The van der Waals surface area contributed by atoms with E-state index in [0.717, 1.165) is 19.3 Å². The van der Waals surface area contributed by atoms with Crippen molar-refractivity contribution in [1.29, 1.82) is 5.26 Å². The lowest BCUT2D eigenvalue weighted by Crippen LogP contribution is -2.27. The Morgan fingerprint density at radius 1 is 1.31 bits per heavy atom. The molecule has 1 saturated heterocycles. The molecule has 0 bridgehead atoms. The molecule has 2 heterocycles. The summed E-state index contributed by atoms with van der Waals surface area (Å²) in [6.45, 7) is 5.15. The predicted molar refractivity (Wildman–Crippen MR) is 98.0 cm³/mol. The Morgan fingerprint density at radius 2 is 1.96 bits per heavy atom. The summed E-state index contributed by atoms with van der Waals surface area (Å²) < 4.78 is 32.3. The zero-order valence-electron chi connectivity index (χ0n) is 14.9. The Morgan fingerprint density at radius 3 is 2.54 bits per heavy atom. The van der Waals surface area contributed by atoms with E-state index in [9.17, 15) is 13.7 Å². The quantitative estimate of drug-likeness (QED) is 0.833. The number of sulfonamides is 1. The highest BCUT2D eigenvalue weighted by molar-refractivity contribution is 7.89. The number of nitriles is 1. The molecule has 1 aromatic heterocycles. The summed E-state index contributed by atoms with van der Waals surface area (Å²) in [7, 11) is -3.45. The monoisotopic (exact) mass is 374 g/mol. The van der Waals surface area contributed by atoms with Crippen LogP contribution in [0.1, 0.15) is 38.8 Å². The van der Waals surface area contributed by atoms with Gasteiger partial charge in [0, 0.05) is 24.7 Å². The van der Waals surface area contributed by atoms with Gasteiger partial charge in [0.05, 0.1) is 4.90 Å². The Kier molecular flexibility index (Phi) is 5.30. The summed E-state index contributed by atoms with van der Waals surface area (Å²) in [4.78, 5) is 4.46.